The summed E-state index contributed by atoms with van der Waals surface area (Å²) in [5.74, 6) is 0.172. The van der Waals surface area contributed by atoms with E-state index in [4.69, 9.17) is 21.6 Å². The molecule has 0 radical (unpaired) electrons. The van der Waals surface area contributed by atoms with Crippen LogP contribution in [-0.4, -0.2) is 18.6 Å². The fourth-order valence-electron chi connectivity index (χ4n) is 1.74. The Kier molecular flexibility index (Phi) is 5.26. The molecule has 21 heavy (non-hydrogen) atoms. The van der Waals surface area contributed by atoms with Crippen molar-refractivity contribution in [3.63, 3.8) is 0 Å². The highest BCUT2D eigenvalue weighted by Gasteiger charge is 2.11. The van der Waals surface area contributed by atoms with Crippen molar-refractivity contribution in [2.75, 3.05) is 12.9 Å². The summed E-state index contributed by atoms with van der Waals surface area (Å²) < 4.78 is 5.42. The molecule has 0 bridgehead atoms. The van der Waals surface area contributed by atoms with E-state index in [0.717, 1.165) is 4.90 Å². The Labute approximate surface area is 132 Å². The molecular weight excluding hydrogens is 306 g/mol. The molecule has 5 heteroatoms. The summed E-state index contributed by atoms with van der Waals surface area (Å²) in [6, 6.07) is 14.2. The van der Waals surface area contributed by atoms with E-state index in [2.05, 4.69) is 0 Å². The highest BCUT2D eigenvalue weighted by Crippen LogP contribution is 2.25. The molecule has 2 rings (SSSR count). The van der Waals surface area contributed by atoms with Crippen LogP contribution in [0.1, 0.15) is 15.9 Å². The number of ether oxygens (including phenoxy) is 1. The highest BCUT2D eigenvalue weighted by molar-refractivity contribution is 7.98. The van der Waals surface area contributed by atoms with Crippen LogP contribution in [0.4, 0.5) is 0 Å². The van der Waals surface area contributed by atoms with Gasteiger partial charge < -0.3 is 4.74 Å². The van der Waals surface area contributed by atoms with Gasteiger partial charge in [-0.1, -0.05) is 29.8 Å². The second kappa shape index (κ2) is 7.16. The van der Waals surface area contributed by atoms with E-state index in [0.29, 0.717) is 16.3 Å². The number of rotatable bonds is 5. The molecule has 0 amide bonds. The Morgan fingerprint density at radius 2 is 2.00 bits per heavy atom. The van der Waals surface area contributed by atoms with Crippen LogP contribution in [0.5, 0.6) is 5.75 Å². The third kappa shape index (κ3) is 3.78. The average molecular weight is 318 g/mol. The van der Waals surface area contributed by atoms with E-state index in [1.54, 1.807) is 42.1 Å². The number of benzene rings is 2. The molecule has 0 N–H and O–H groups in total. The maximum absolute atomic E-state index is 12.1. The average Bonchev–Trinajstić information content (AvgIpc) is 2.52. The van der Waals surface area contributed by atoms with Gasteiger partial charge in [0.15, 0.2) is 12.4 Å². The number of ketones is 1. The predicted molar refractivity (Wildman–Crippen MR) is 84.2 cm³/mol. The molecule has 0 atom stereocenters. The lowest BCUT2D eigenvalue weighted by Gasteiger charge is -2.08. The first-order chi connectivity index (χ1) is 10.2. The van der Waals surface area contributed by atoms with Crippen molar-refractivity contribution in [1.29, 1.82) is 5.26 Å². The lowest BCUT2D eigenvalue weighted by molar-refractivity contribution is 0.0921. The number of carbonyl (C=O) groups excluding carboxylic acids is 1. The SMILES string of the molecule is CSc1ccc(C(=O)COc2cccc(Cl)c2C#N)cc1. The number of hydrogen-bond donors (Lipinski definition) is 0. The fraction of sp³-hybridized carbons (Fsp3) is 0.125. The van der Waals surface area contributed by atoms with Gasteiger partial charge in [0.05, 0.1) is 5.02 Å². The number of hydrogen-bond acceptors (Lipinski definition) is 4. The molecule has 0 aromatic heterocycles. The molecule has 106 valence electrons. The Hall–Kier alpha value is -1.96. The smallest absolute Gasteiger partial charge is 0.200 e. The van der Waals surface area contributed by atoms with Crippen LogP contribution in [0.3, 0.4) is 0 Å². The van der Waals surface area contributed by atoms with Gasteiger partial charge in [0, 0.05) is 10.5 Å². The summed E-state index contributed by atoms with van der Waals surface area (Å²) in [5, 5.41) is 9.35. The van der Waals surface area contributed by atoms with Crippen molar-refractivity contribution in [3.05, 3.63) is 58.6 Å². The molecule has 2 aromatic carbocycles. The molecule has 0 aliphatic heterocycles. The van der Waals surface area contributed by atoms with Crippen molar-refractivity contribution in [2.24, 2.45) is 0 Å². The van der Waals surface area contributed by atoms with Crippen molar-refractivity contribution in [3.8, 4) is 11.8 Å². The predicted octanol–water partition coefficient (Wildman–Crippen LogP) is 4.20. The Balaban J connectivity index is 2.07. The van der Waals surface area contributed by atoms with Gasteiger partial charge in [-0.25, -0.2) is 0 Å². The molecule has 0 aliphatic carbocycles. The largest absolute Gasteiger partial charge is 0.484 e. The van der Waals surface area contributed by atoms with Crippen LogP contribution in [0.15, 0.2) is 47.4 Å². The summed E-state index contributed by atoms with van der Waals surface area (Å²) in [6.07, 6.45) is 1.97. The van der Waals surface area contributed by atoms with Gasteiger partial charge in [-0.3, -0.25) is 4.79 Å². The van der Waals surface area contributed by atoms with Gasteiger partial charge >= 0.3 is 0 Å². The number of nitrogens with zero attached hydrogens (tertiary/aromatic N) is 1. The summed E-state index contributed by atoms with van der Waals surface area (Å²) >= 11 is 7.52. The van der Waals surface area contributed by atoms with Crippen LogP contribution in [0.2, 0.25) is 5.02 Å². The van der Waals surface area contributed by atoms with E-state index in [1.165, 1.54) is 0 Å². The first-order valence-corrected chi connectivity index (χ1v) is 7.74. The van der Waals surface area contributed by atoms with Gasteiger partial charge in [0.1, 0.15) is 17.4 Å². The molecule has 0 unspecified atom stereocenters. The minimum atomic E-state index is -0.147. The van der Waals surface area contributed by atoms with Crippen molar-refractivity contribution in [1.82, 2.24) is 0 Å². The van der Waals surface area contributed by atoms with Gasteiger partial charge in [-0.2, -0.15) is 5.26 Å². The van der Waals surface area contributed by atoms with Gasteiger partial charge in [0.25, 0.3) is 0 Å². The minimum absolute atomic E-state index is 0.131. The second-order valence-corrected chi connectivity index (χ2v) is 5.45. The fourth-order valence-corrected chi connectivity index (χ4v) is 2.35. The topological polar surface area (TPSA) is 50.1 Å². The van der Waals surface area contributed by atoms with Crippen LogP contribution < -0.4 is 4.74 Å². The number of thioether (sulfide) groups is 1. The zero-order chi connectivity index (χ0) is 15.2. The summed E-state index contributed by atoms with van der Waals surface area (Å²) in [6.45, 7) is -0.131. The maximum Gasteiger partial charge on any atom is 0.200 e. The number of Topliss-reactive ketones (excluding diaryl/α,β-unsaturated/α-hetero) is 1. The molecule has 0 saturated carbocycles. The first-order valence-electron chi connectivity index (χ1n) is 6.14. The molecule has 0 fully saturated rings. The quantitative estimate of drug-likeness (QED) is 0.612. The van der Waals surface area contributed by atoms with Gasteiger partial charge in [0.2, 0.25) is 0 Å². The van der Waals surface area contributed by atoms with Crippen molar-refractivity contribution >= 4 is 29.1 Å². The lowest BCUT2D eigenvalue weighted by Crippen LogP contribution is -2.12. The van der Waals surface area contributed by atoms with Crippen LogP contribution in [0.25, 0.3) is 0 Å². The Morgan fingerprint density at radius 1 is 1.29 bits per heavy atom. The summed E-state index contributed by atoms with van der Waals surface area (Å²) in [7, 11) is 0. The number of carbonyl (C=O) groups is 1. The summed E-state index contributed by atoms with van der Waals surface area (Å²) in [5.41, 5.74) is 0.818. The molecule has 0 heterocycles. The maximum atomic E-state index is 12.1. The van der Waals surface area contributed by atoms with Crippen LogP contribution in [-0.2, 0) is 0 Å². The molecule has 0 saturated heterocycles. The third-order valence-electron chi connectivity index (χ3n) is 2.86. The lowest BCUT2D eigenvalue weighted by atomic mass is 10.1. The molecular formula is C16H12ClNO2S. The van der Waals surface area contributed by atoms with E-state index in [9.17, 15) is 4.79 Å². The number of nitriles is 1. The van der Waals surface area contributed by atoms with E-state index in [-0.39, 0.29) is 18.0 Å². The number of halogens is 1. The van der Waals surface area contributed by atoms with E-state index in [1.807, 2.05) is 24.5 Å². The second-order valence-electron chi connectivity index (χ2n) is 4.17. The van der Waals surface area contributed by atoms with Crippen LogP contribution >= 0.6 is 23.4 Å². The normalized spacial score (nSPS) is 9.95. The summed E-state index contributed by atoms with van der Waals surface area (Å²) in [4.78, 5) is 13.1. The third-order valence-corrected chi connectivity index (χ3v) is 3.92. The molecule has 0 spiro atoms. The van der Waals surface area contributed by atoms with Crippen LogP contribution in [0, 0.1) is 11.3 Å². The van der Waals surface area contributed by atoms with Crippen molar-refractivity contribution < 1.29 is 9.53 Å². The highest BCUT2D eigenvalue weighted by atomic mass is 35.5. The Bertz CT molecular complexity index is 692. The molecule has 0 aliphatic rings. The Morgan fingerprint density at radius 3 is 2.62 bits per heavy atom. The van der Waals surface area contributed by atoms with Gasteiger partial charge in [-0.15, -0.1) is 11.8 Å². The van der Waals surface area contributed by atoms with E-state index < -0.39 is 0 Å². The first kappa shape index (κ1) is 15.4. The monoisotopic (exact) mass is 317 g/mol. The van der Waals surface area contributed by atoms with Gasteiger partial charge in [-0.05, 0) is 30.5 Å². The molecule has 3 nitrogen and oxygen atoms in total. The zero-order valence-electron chi connectivity index (χ0n) is 11.3. The molecule has 2 aromatic rings. The standard InChI is InChI=1S/C16H12ClNO2S/c1-21-12-7-5-11(6-8-12)15(19)10-20-16-4-2-3-14(17)13(16)9-18/h2-8H,10H2,1H3. The van der Waals surface area contributed by atoms with E-state index >= 15 is 0 Å². The minimum Gasteiger partial charge on any atom is -0.484 e. The zero-order valence-corrected chi connectivity index (χ0v) is 12.9. The van der Waals surface area contributed by atoms with Crippen molar-refractivity contribution in [2.45, 2.75) is 4.90 Å².